The van der Waals surface area contributed by atoms with Crippen molar-refractivity contribution in [2.75, 3.05) is 47.5 Å². The second-order valence-electron chi connectivity index (χ2n) is 26.3. The minimum Gasteiger partial charge on any atom is -0.756 e. The molecule has 0 bridgehead atoms. The summed E-state index contributed by atoms with van der Waals surface area (Å²) < 4.78 is 34.3. The van der Waals surface area contributed by atoms with Crippen LogP contribution in [0.15, 0.2) is 12.2 Å². The maximum atomic E-state index is 12.8. The van der Waals surface area contributed by atoms with Gasteiger partial charge in [-0.3, -0.25) is 14.2 Å². The summed E-state index contributed by atoms with van der Waals surface area (Å²) >= 11 is 0. The van der Waals surface area contributed by atoms with Gasteiger partial charge in [-0.15, -0.1) is 0 Å². The number of allylic oxidation sites excluding steroid dienone is 2. The van der Waals surface area contributed by atoms with Crippen molar-refractivity contribution in [2.45, 2.75) is 392 Å². The summed E-state index contributed by atoms with van der Waals surface area (Å²) in [6.45, 7) is 4.32. The highest BCUT2D eigenvalue weighted by molar-refractivity contribution is 7.45. The van der Waals surface area contributed by atoms with Gasteiger partial charge in [0.2, 0.25) is 0 Å². The maximum absolute atomic E-state index is 12.8. The summed E-state index contributed by atoms with van der Waals surface area (Å²) in [6.07, 6.45) is 78.9. The molecule has 0 aromatic heterocycles. The zero-order chi connectivity index (χ0) is 59.8. The molecule has 0 spiro atoms. The van der Waals surface area contributed by atoms with Gasteiger partial charge in [0.15, 0.2) is 6.10 Å². The van der Waals surface area contributed by atoms with Crippen LogP contribution < -0.4 is 4.89 Å². The lowest BCUT2D eigenvalue weighted by molar-refractivity contribution is -0.870. The van der Waals surface area contributed by atoms with Crippen LogP contribution in [0.1, 0.15) is 386 Å². The smallest absolute Gasteiger partial charge is 0.306 e. The number of quaternary nitrogens is 1. The number of rotatable bonds is 69. The van der Waals surface area contributed by atoms with Crippen molar-refractivity contribution in [1.82, 2.24) is 0 Å². The molecule has 0 aliphatic heterocycles. The standard InChI is InChI=1S/C72H142NO8P/c1-6-8-10-12-14-16-18-20-22-24-26-28-30-31-32-33-34-35-36-37-38-39-40-41-43-44-46-48-50-52-54-56-58-60-62-64-71(74)78-68-70(69-80-82(76,77)79-67-66-73(3,4)5)81-72(75)65-63-61-59-57-55-53-51-49-47-45-42-29-27-25-23-21-19-17-15-13-11-9-7-2/h25,27,70H,6-24,26,28-69H2,1-5H3/b27-25-. The first-order valence-electron chi connectivity index (χ1n) is 36.4. The molecule has 2 atom stereocenters. The van der Waals surface area contributed by atoms with Crippen LogP contribution in [0.2, 0.25) is 0 Å². The van der Waals surface area contributed by atoms with Crippen LogP contribution in [0, 0.1) is 0 Å². The quantitative estimate of drug-likeness (QED) is 0.0195. The average Bonchev–Trinajstić information content (AvgIpc) is 3.46. The van der Waals surface area contributed by atoms with Gasteiger partial charge >= 0.3 is 11.9 Å². The number of nitrogens with zero attached hydrogens (tertiary/aromatic N) is 1. The Balaban J connectivity index is 3.92. The van der Waals surface area contributed by atoms with Crippen molar-refractivity contribution in [1.29, 1.82) is 0 Å². The van der Waals surface area contributed by atoms with Gasteiger partial charge in [0.05, 0.1) is 27.7 Å². The fourth-order valence-electron chi connectivity index (χ4n) is 11.2. The Morgan fingerprint density at radius 2 is 0.622 bits per heavy atom. The lowest BCUT2D eigenvalue weighted by atomic mass is 10.0. The SMILES string of the molecule is CCCCCCCCCC/C=C\CCCCCCCCCCCCCC(=O)OC(COC(=O)CCCCCCCCCCCCCCCCCCCCCCCCCCCCCCCCCCCCC)COP(=O)([O-])OCC[N+](C)(C)C. The zero-order valence-electron chi connectivity index (χ0n) is 55.7. The van der Waals surface area contributed by atoms with Gasteiger partial charge in [0, 0.05) is 12.8 Å². The van der Waals surface area contributed by atoms with Crippen molar-refractivity contribution < 1.29 is 42.1 Å². The molecule has 0 N–H and O–H groups in total. The van der Waals surface area contributed by atoms with E-state index < -0.39 is 26.5 Å². The number of unbranched alkanes of at least 4 members (excludes halogenated alkanes) is 53. The van der Waals surface area contributed by atoms with Crippen molar-refractivity contribution in [2.24, 2.45) is 0 Å². The summed E-state index contributed by atoms with van der Waals surface area (Å²) in [5.41, 5.74) is 0. The first kappa shape index (κ1) is 80.8. The third-order valence-corrected chi connectivity index (χ3v) is 17.7. The number of hydrogen-bond acceptors (Lipinski definition) is 8. The second-order valence-corrected chi connectivity index (χ2v) is 27.7. The average molecular weight is 1180 g/mol. The van der Waals surface area contributed by atoms with Crippen molar-refractivity contribution in [3.63, 3.8) is 0 Å². The van der Waals surface area contributed by atoms with E-state index in [1.807, 2.05) is 21.1 Å². The molecule has 0 heterocycles. The number of ether oxygens (including phenoxy) is 2. The van der Waals surface area contributed by atoms with E-state index in [0.29, 0.717) is 17.4 Å². The summed E-state index contributed by atoms with van der Waals surface area (Å²) in [6, 6.07) is 0. The molecule has 0 fully saturated rings. The minimum absolute atomic E-state index is 0.0268. The van der Waals surface area contributed by atoms with Crippen LogP contribution in [-0.2, 0) is 32.7 Å². The lowest BCUT2D eigenvalue weighted by Gasteiger charge is -2.28. The number of phosphoric ester groups is 1. The van der Waals surface area contributed by atoms with Crippen LogP contribution in [-0.4, -0.2) is 70.0 Å². The lowest BCUT2D eigenvalue weighted by Crippen LogP contribution is -2.37. The molecule has 2 unspecified atom stereocenters. The van der Waals surface area contributed by atoms with E-state index in [2.05, 4.69) is 26.0 Å². The molecular formula is C72H142NO8P. The minimum atomic E-state index is -4.64. The molecule has 0 aliphatic rings. The second kappa shape index (κ2) is 64.2. The van der Waals surface area contributed by atoms with Crippen molar-refractivity contribution in [3.8, 4) is 0 Å². The molecule has 0 radical (unpaired) electrons. The van der Waals surface area contributed by atoms with Crippen molar-refractivity contribution >= 4 is 19.8 Å². The Bertz CT molecular complexity index is 1390. The molecular weight excluding hydrogens is 1040 g/mol. The van der Waals surface area contributed by atoms with Gasteiger partial charge < -0.3 is 27.9 Å². The van der Waals surface area contributed by atoms with Crippen LogP contribution in [0.5, 0.6) is 0 Å². The topological polar surface area (TPSA) is 111 Å². The Morgan fingerprint density at radius 1 is 0.366 bits per heavy atom. The Morgan fingerprint density at radius 3 is 0.902 bits per heavy atom. The first-order chi connectivity index (χ1) is 40.0. The molecule has 0 saturated heterocycles. The van der Waals surface area contributed by atoms with Gasteiger partial charge in [0.1, 0.15) is 19.8 Å². The molecule has 10 heteroatoms. The number of phosphoric acid groups is 1. The molecule has 0 saturated carbocycles. The van der Waals surface area contributed by atoms with E-state index in [-0.39, 0.29) is 32.0 Å². The summed E-state index contributed by atoms with van der Waals surface area (Å²) in [4.78, 5) is 38.1. The van der Waals surface area contributed by atoms with Gasteiger partial charge in [-0.05, 0) is 38.5 Å². The third kappa shape index (κ3) is 67.9. The van der Waals surface area contributed by atoms with E-state index in [0.717, 1.165) is 38.5 Å². The highest BCUT2D eigenvalue weighted by atomic mass is 31.2. The normalized spacial score (nSPS) is 13.1. The number of esters is 2. The van der Waals surface area contributed by atoms with Gasteiger partial charge in [-0.25, -0.2) is 0 Å². The van der Waals surface area contributed by atoms with Crippen molar-refractivity contribution in [3.05, 3.63) is 12.2 Å². The fraction of sp³-hybridized carbons (Fsp3) is 0.944. The highest BCUT2D eigenvalue weighted by Crippen LogP contribution is 2.38. The Kier molecular flexibility index (Phi) is 63.3. The Labute approximate surface area is 511 Å². The molecule has 82 heavy (non-hydrogen) atoms. The largest absolute Gasteiger partial charge is 0.756 e. The van der Waals surface area contributed by atoms with Gasteiger partial charge in [-0.2, -0.15) is 0 Å². The third-order valence-electron chi connectivity index (χ3n) is 16.8. The van der Waals surface area contributed by atoms with Crippen LogP contribution in [0.25, 0.3) is 0 Å². The predicted octanol–water partition coefficient (Wildman–Crippen LogP) is 22.9. The molecule has 9 nitrogen and oxygen atoms in total. The number of hydrogen-bond donors (Lipinski definition) is 0. The number of carbonyl (C=O) groups is 2. The number of carbonyl (C=O) groups excluding carboxylic acids is 2. The summed E-state index contributed by atoms with van der Waals surface area (Å²) in [5.74, 6) is -0.809. The fourth-order valence-corrected chi connectivity index (χ4v) is 11.9. The molecule has 0 aromatic rings. The predicted molar refractivity (Wildman–Crippen MR) is 352 cm³/mol. The highest BCUT2D eigenvalue weighted by Gasteiger charge is 2.22. The van der Waals surface area contributed by atoms with Crippen LogP contribution in [0.3, 0.4) is 0 Å². The van der Waals surface area contributed by atoms with E-state index in [1.54, 1.807) is 0 Å². The van der Waals surface area contributed by atoms with Gasteiger partial charge in [-0.1, -0.05) is 347 Å². The molecule has 0 amide bonds. The maximum Gasteiger partial charge on any atom is 0.306 e. The molecule has 0 aromatic carbocycles. The monoisotopic (exact) mass is 1180 g/mol. The van der Waals surface area contributed by atoms with E-state index in [1.165, 1.54) is 315 Å². The van der Waals surface area contributed by atoms with Gasteiger partial charge in [0.25, 0.3) is 7.82 Å². The summed E-state index contributed by atoms with van der Waals surface area (Å²) in [5, 5.41) is 0. The molecule has 0 rings (SSSR count). The molecule has 488 valence electrons. The van der Waals surface area contributed by atoms with E-state index >= 15 is 0 Å². The number of likely N-dealkylation sites (N-methyl/N-ethyl adjacent to an activating group) is 1. The van der Waals surface area contributed by atoms with Crippen LogP contribution >= 0.6 is 7.82 Å². The first-order valence-corrected chi connectivity index (χ1v) is 37.9. The zero-order valence-corrected chi connectivity index (χ0v) is 56.6. The Hall–Kier alpha value is -1.25. The molecule has 0 aliphatic carbocycles. The van der Waals surface area contributed by atoms with E-state index in [9.17, 15) is 19.0 Å². The summed E-state index contributed by atoms with van der Waals surface area (Å²) in [7, 11) is 1.19. The van der Waals surface area contributed by atoms with Crippen LogP contribution in [0.4, 0.5) is 0 Å². The van der Waals surface area contributed by atoms with E-state index in [4.69, 9.17) is 18.5 Å².